The van der Waals surface area contributed by atoms with Gasteiger partial charge >= 0.3 is 0 Å². The number of benzene rings is 1. The van der Waals surface area contributed by atoms with Gasteiger partial charge in [-0.3, -0.25) is 9.10 Å². The second-order valence-corrected chi connectivity index (χ2v) is 8.68. The van der Waals surface area contributed by atoms with E-state index in [2.05, 4.69) is 11.4 Å². The molecule has 1 aliphatic carbocycles. The van der Waals surface area contributed by atoms with Crippen LogP contribution in [0.5, 0.6) is 5.75 Å². The molecule has 0 radical (unpaired) electrons. The molecule has 25 heavy (non-hydrogen) atoms. The standard InChI is InChI=1S/C17H21ClN2O4S/c1-25(22,23)20-11-16(24-15-8-7-13(18)9-14(15)20)17(21)19-10-12-5-3-2-4-6-12/h5,7-9,16H,2-4,6,10-11H2,1H3,(H,19,21)/t16-/m0/s1. The molecule has 1 aliphatic heterocycles. The van der Waals surface area contributed by atoms with Crippen molar-refractivity contribution in [2.24, 2.45) is 0 Å². The van der Waals surface area contributed by atoms with E-state index >= 15 is 0 Å². The Balaban J connectivity index is 1.76. The molecule has 1 aromatic carbocycles. The molecular formula is C17H21ClN2O4S. The van der Waals surface area contributed by atoms with Gasteiger partial charge in [-0.05, 0) is 43.9 Å². The highest BCUT2D eigenvalue weighted by Crippen LogP contribution is 2.37. The molecule has 136 valence electrons. The molecule has 1 aromatic rings. The number of halogens is 1. The lowest BCUT2D eigenvalue weighted by Gasteiger charge is -2.34. The molecule has 0 bridgehead atoms. The van der Waals surface area contributed by atoms with Crippen molar-refractivity contribution in [1.29, 1.82) is 0 Å². The van der Waals surface area contributed by atoms with E-state index in [0.717, 1.165) is 25.5 Å². The van der Waals surface area contributed by atoms with E-state index in [1.807, 2.05) is 0 Å². The third kappa shape index (κ3) is 4.27. The molecule has 1 amide bonds. The number of amides is 1. The molecule has 0 aromatic heterocycles. The topological polar surface area (TPSA) is 75.7 Å². The van der Waals surface area contributed by atoms with Crippen LogP contribution in [-0.2, 0) is 14.8 Å². The maximum Gasteiger partial charge on any atom is 0.263 e. The van der Waals surface area contributed by atoms with Crippen molar-refractivity contribution in [1.82, 2.24) is 5.32 Å². The number of anilines is 1. The number of nitrogens with zero attached hydrogens (tertiary/aromatic N) is 1. The van der Waals surface area contributed by atoms with Gasteiger partial charge in [-0.25, -0.2) is 8.42 Å². The minimum absolute atomic E-state index is 0.0724. The Morgan fingerprint density at radius 1 is 1.40 bits per heavy atom. The van der Waals surface area contributed by atoms with Gasteiger partial charge in [0, 0.05) is 11.6 Å². The number of rotatable bonds is 4. The summed E-state index contributed by atoms with van der Waals surface area (Å²) in [6.07, 6.45) is 6.72. The van der Waals surface area contributed by atoms with E-state index in [-0.39, 0.29) is 12.5 Å². The van der Waals surface area contributed by atoms with Crippen molar-refractivity contribution in [3.05, 3.63) is 34.9 Å². The minimum atomic E-state index is -3.55. The van der Waals surface area contributed by atoms with Gasteiger partial charge in [0.2, 0.25) is 10.0 Å². The Kier molecular flexibility index (Phi) is 5.24. The van der Waals surface area contributed by atoms with Crippen LogP contribution in [0.3, 0.4) is 0 Å². The Labute approximate surface area is 152 Å². The van der Waals surface area contributed by atoms with Gasteiger partial charge in [-0.15, -0.1) is 0 Å². The summed E-state index contributed by atoms with van der Waals surface area (Å²) in [5.74, 6) is 0.0128. The van der Waals surface area contributed by atoms with Crippen molar-refractivity contribution in [2.45, 2.75) is 31.8 Å². The van der Waals surface area contributed by atoms with Gasteiger partial charge in [-0.1, -0.05) is 23.3 Å². The van der Waals surface area contributed by atoms with Crippen LogP contribution in [0.2, 0.25) is 5.02 Å². The zero-order chi connectivity index (χ0) is 18.0. The molecule has 0 fully saturated rings. The molecule has 2 aliphatic rings. The lowest BCUT2D eigenvalue weighted by Crippen LogP contribution is -2.50. The maximum absolute atomic E-state index is 12.5. The zero-order valence-corrected chi connectivity index (χ0v) is 15.6. The van der Waals surface area contributed by atoms with E-state index in [0.29, 0.717) is 23.0 Å². The van der Waals surface area contributed by atoms with Gasteiger partial charge in [0.25, 0.3) is 5.91 Å². The van der Waals surface area contributed by atoms with E-state index < -0.39 is 16.1 Å². The first-order valence-electron chi connectivity index (χ1n) is 8.24. The Hall–Kier alpha value is -1.73. The lowest BCUT2D eigenvalue weighted by atomic mass is 10.00. The molecule has 0 saturated heterocycles. The van der Waals surface area contributed by atoms with Gasteiger partial charge in [0.05, 0.1) is 18.5 Å². The normalized spacial score (nSPS) is 20.3. The highest BCUT2D eigenvalue weighted by molar-refractivity contribution is 7.92. The van der Waals surface area contributed by atoms with Crippen LogP contribution < -0.4 is 14.4 Å². The number of carbonyl (C=O) groups excluding carboxylic acids is 1. The molecule has 1 heterocycles. The minimum Gasteiger partial charge on any atom is -0.476 e. The third-order valence-corrected chi connectivity index (χ3v) is 5.74. The molecule has 6 nitrogen and oxygen atoms in total. The van der Waals surface area contributed by atoms with Crippen LogP contribution >= 0.6 is 11.6 Å². The Morgan fingerprint density at radius 2 is 2.20 bits per heavy atom. The quantitative estimate of drug-likeness (QED) is 0.809. The number of sulfonamides is 1. The van der Waals surface area contributed by atoms with Crippen molar-refractivity contribution in [3.8, 4) is 5.75 Å². The van der Waals surface area contributed by atoms with Crippen LogP contribution in [-0.4, -0.2) is 39.8 Å². The van der Waals surface area contributed by atoms with Crippen molar-refractivity contribution >= 4 is 33.2 Å². The number of fused-ring (bicyclic) bond motifs is 1. The smallest absolute Gasteiger partial charge is 0.263 e. The molecule has 1 N–H and O–H groups in total. The van der Waals surface area contributed by atoms with Crippen LogP contribution in [0.25, 0.3) is 0 Å². The summed E-state index contributed by atoms with van der Waals surface area (Å²) < 4.78 is 31.1. The first-order chi connectivity index (χ1) is 11.8. The summed E-state index contributed by atoms with van der Waals surface area (Å²) in [5.41, 5.74) is 1.57. The molecule has 8 heteroatoms. The number of nitrogens with one attached hydrogen (secondary N) is 1. The average Bonchev–Trinajstić information content (AvgIpc) is 2.58. The fraction of sp³-hybridized carbons (Fsp3) is 0.471. The molecule has 0 spiro atoms. The molecular weight excluding hydrogens is 364 g/mol. The molecule has 1 atom stereocenters. The van der Waals surface area contributed by atoms with Gasteiger partial charge in [0.15, 0.2) is 6.10 Å². The number of hydrogen-bond acceptors (Lipinski definition) is 4. The molecule has 0 unspecified atom stereocenters. The van der Waals surface area contributed by atoms with Crippen LogP contribution in [0, 0.1) is 0 Å². The van der Waals surface area contributed by atoms with Crippen LogP contribution in [0.1, 0.15) is 25.7 Å². The van der Waals surface area contributed by atoms with Crippen LogP contribution in [0.15, 0.2) is 29.8 Å². The summed E-state index contributed by atoms with van der Waals surface area (Å²) in [4.78, 5) is 12.5. The molecule has 0 saturated carbocycles. The number of carbonyl (C=O) groups is 1. The molecule has 3 rings (SSSR count). The Bertz CT molecular complexity index is 807. The Morgan fingerprint density at radius 3 is 2.88 bits per heavy atom. The number of ether oxygens (including phenoxy) is 1. The van der Waals surface area contributed by atoms with Gasteiger partial charge < -0.3 is 10.1 Å². The maximum atomic E-state index is 12.5. The van der Waals surface area contributed by atoms with Crippen molar-refractivity contribution < 1.29 is 17.9 Å². The summed E-state index contributed by atoms with van der Waals surface area (Å²) in [5, 5.41) is 3.26. The largest absolute Gasteiger partial charge is 0.476 e. The summed E-state index contributed by atoms with van der Waals surface area (Å²) >= 11 is 5.96. The lowest BCUT2D eigenvalue weighted by molar-refractivity contribution is -0.127. The van der Waals surface area contributed by atoms with Gasteiger partial charge in [-0.2, -0.15) is 0 Å². The zero-order valence-electron chi connectivity index (χ0n) is 14.0. The summed E-state index contributed by atoms with van der Waals surface area (Å²) in [6.45, 7) is 0.405. The second-order valence-electron chi connectivity index (χ2n) is 6.34. The second kappa shape index (κ2) is 7.25. The number of hydrogen-bond donors (Lipinski definition) is 1. The fourth-order valence-electron chi connectivity index (χ4n) is 3.05. The average molecular weight is 385 g/mol. The van der Waals surface area contributed by atoms with Crippen molar-refractivity contribution in [3.63, 3.8) is 0 Å². The van der Waals surface area contributed by atoms with E-state index in [4.69, 9.17) is 16.3 Å². The summed E-state index contributed by atoms with van der Waals surface area (Å²) in [7, 11) is -3.55. The monoisotopic (exact) mass is 384 g/mol. The first-order valence-corrected chi connectivity index (χ1v) is 10.5. The van der Waals surface area contributed by atoms with E-state index in [9.17, 15) is 13.2 Å². The SMILES string of the molecule is CS(=O)(=O)N1C[C@@H](C(=O)NCC2=CCCCC2)Oc2ccc(Cl)cc21. The van der Waals surface area contributed by atoms with E-state index in [1.54, 1.807) is 12.1 Å². The first kappa shape index (κ1) is 18.1. The third-order valence-electron chi connectivity index (χ3n) is 4.36. The highest BCUT2D eigenvalue weighted by Gasteiger charge is 2.35. The predicted molar refractivity (Wildman–Crippen MR) is 97.6 cm³/mol. The van der Waals surface area contributed by atoms with E-state index in [1.165, 1.54) is 22.4 Å². The van der Waals surface area contributed by atoms with Gasteiger partial charge in [0.1, 0.15) is 5.75 Å². The highest BCUT2D eigenvalue weighted by atomic mass is 35.5. The van der Waals surface area contributed by atoms with Crippen LogP contribution in [0.4, 0.5) is 5.69 Å². The summed E-state index contributed by atoms with van der Waals surface area (Å²) in [6, 6.07) is 4.71. The fourth-order valence-corrected chi connectivity index (χ4v) is 4.13. The van der Waals surface area contributed by atoms with Crippen molar-refractivity contribution in [2.75, 3.05) is 23.7 Å². The number of allylic oxidation sites excluding steroid dienone is 1. The predicted octanol–water partition coefficient (Wildman–Crippen LogP) is 2.48.